The third-order valence-corrected chi connectivity index (χ3v) is 4.75. The molecule has 3 aromatic rings. The zero-order valence-electron chi connectivity index (χ0n) is 17.0. The van der Waals surface area contributed by atoms with Crippen LogP contribution >= 0.6 is 11.6 Å². The Kier molecular flexibility index (Phi) is 6.43. The topological polar surface area (TPSA) is 67.4 Å². The minimum Gasteiger partial charge on any atom is -0.478 e. The van der Waals surface area contributed by atoms with E-state index in [-0.39, 0.29) is 11.8 Å². The van der Waals surface area contributed by atoms with Crippen LogP contribution in [0.15, 0.2) is 72.8 Å². The largest absolute Gasteiger partial charge is 0.478 e. The number of anilines is 2. The number of rotatable bonds is 6. The van der Waals surface area contributed by atoms with E-state index in [1.54, 1.807) is 68.4 Å². The van der Waals surface area contributed by atoms with Crippen molar-refractivity contribution in [1.82, 2.24) is 0 Å². The molecule has 0 aliphatic heterocycles. The van der Waals surface area contributed by atoms with Gasteiger partial charge in [-0.25, -0.2) is 0 Å². The highest BCUT2D eigenvalue weighted by molar-refractivity contribution is 6.30. The molecule has 0 aromatic heterocycles. The summed E-state index contributed by atoms with van der Waals surface area (Å²) in [5.74, 6) is 0.0700. The summed E-state index contributed by atoms with van der Waals surface area (Å²) in [7, 11) is 0. The van der Waals surface area contributed by atoms with Crippen LogP contribution in [0.3, 0.4) is 0 Å². The molecule has 2 N–H and O–H groups in total. The van der Waals surface area contributed by atoms with Crippen molar-refractivity contribution in [3.63, 3.8) is 0 Å². The molecule has 0 spiro atoms. The highest BCUT2D eigenvalue weighted by atomic mass is 35.5. The van der Waals surface area contributed by atoms with Crippen LogP contribution in [0.5, 0.6) is 5.75 Å². The van der Waals surface area contributed by atoms with E-state index >= 15 is 0 Å². The molecule has 0 bridgehead atoms. The Hall–Kier alpha value is -3.31. The van der Waals surface area contributed by atoms with Gasteiger partial charge in [0.25, 0.3) is 11.8 Å². The molecule has 0 aliphatic carbocycles. The smallest absolute Gasteiger partial charge is 0.267 e. The Bertz CT molecular complexity index is 1050. The fraction of sp³-hybridized carbons (Fsp3) is 0.167. The number of halogens is 1. The summed E-state index contributed by atoms with van der Waals surface area (Å²) in [5, 5.41) is 6.35. The molecule has 0 aliphatic rings. The third-order valence-electron chi connectivity index (χ3n) is 4.50. The normalized spacial score (nSPS) is 10.9. The first-order valence-corrected chi connectivity index (χ1v) is 9.85. The van der Waals surface area contributed by atoms with Crippen molar-refractivity contribution < 1.29 is 14.3 Å². The van der Waals surface area contributed by atoms with Crippen LogP contribution in [0.25, 0.3) is 0 Å². The molecule has 2 amide bonds. The van der Waals surface area contributed by atoms with E-state index in [1.165, 1.54) is 0 Å². The summed E-state index contributed by atoms with van der Waals surface area (Å²) in [4.78, 5) is 25.1. The molecule has 5 nitrogen and oxygen atoms in total. The maximum atomic E-state index is 12.7. The van der Waals surface area contributed by atoms with Crippen LogP contribution in [0.2, 0.25) is 5.02 Å². The van der Waals surface area contributed by atoms with Crippen molar-refractivity contribution in [1.29, 1.82) is 0 Å². The van der Waals surface area contributed by atoms with Gasteiger partial charge in [-0.3, -0.25) is 9.59 Å². The molecule has 154 valence electrons. The molecule has 0 saturated heterocycles. The van der Waals surface area contributed by atoms with E-state index in [9.17, 15) is 9.59 Å². The van der Waals surface area contributed by atoms with E-state index in [1.807, 2.05) is 25.1 Å². The van der Waals surface area contributed by atoms with Crippen LogP contribution in [0.1, 0.15) is 29.8 Å². The fourth-order valence-corrected chi connectivity index (χ4v) is 2.92. The van der Waals surface area contributed by atoms with Gasteiger partial charge in [-0.15, -0.1) is 0 Å². The highest BCUT2D eigenvalue weighted by Gasteiger charge is 2.30. The van der Waals surface area contributed by atoms with Gasteiger partial charge in [-0.2, -0.15) is 0 Å². The Balaban J connectivity index is 1.66. The van der Waals surface area contributed by atoms with Gasteiger partial charge in [0.1, 0.15) is 5.75 Å². The predicted molar refractivity (Wildman–Crippen MR) is 120 cm³/mol. The lowest BCUT2D eigenvalue weighted by atomic mass is 10.1. The number of carbonyl (C=O) groups excluding carboxylic acids is 2. The molecule has 0 unspecified atom stereocenters. The molecule has 30 heavy (non-hydrogen) atoms. The van der Waals surface area contributed by atoms with Crippen molar-refractivity contribution >= 4 is 34.8 Å². The maximum absolute atomic E-state index is 12.7. The molecule has 3 aromatic carbocycles. The number of carbonyl (C=O) groups is 2. The lowest BCUT2D eigenvalue weighted by Gasteiger charge is -2.25. The minimum atomic E-state index is -1.10. The van der Waals surface area contributed by atoms with Crippen LogP contribution in [0, 0.1) is 6.92 Å². The van der Waals surface area contributed by atoms with Gasteiger partial charge >= 0.3 is 0 Å². The van der Waals surface area contributed by atoms with Crippen molar-refractivity contribution in [2.24, 2.45) is 0 Å². The lowest BCUT2D eigenvalue weighted by molar-refractivity contribution is -0.128. The quantitative estimate of drug-likeness (QED) is 0.535. The van der Waals surface area contributed by atoms with Gasteiger partial charge in [0.15, 0.2) is 5.60 Å². The predicted octanol–water partition coefficient (Wildman–Crippen LogP) is 5.70. The molecule has 3 rings (SSSR count). The van der Waals surface area contributed by atoms with Crippen LogP contribution in [-0.4, -0.2) is 17.4 Å². The second-order valence-corrected chi connectivity index (χ2v) is 7.81. The first-order valence-electron chi connectivity index (χ1n) is 9.48. The Labute approximate surface area is 181 Å². The van der Waals surface area contributed by atoms with E-state index < -0.39 is 5.60 Å². The first kappa shape index (κ1) is 21.4. The number of ether oxygens (including phenoxy) is 1. The summed E-state index contributed by atoms with van der Waals surface area (Å²) < 4.78 is 5.82. The summed E-state index contributed by atoms with van der Waals surface area (Å²) in [6.07, 6.45) is 0. The maximum Gasteiger partial charge on any atom is 0.267 e. The van der Waals surface area contributed by atoms with Crippen molar-refractivity contribution in [2.45, 2.75) is 26.4 Å². The highest BCUT2D eigenvalue weighted by Crippen LogP contribution is 2.24. The molecule has 6 heteroatoms. The standard InChI is InChI=1S/C24H23ClN2O3/c1-16-15-19(11-14-21(16)27-22(28)17-7-5-4-6-8-17)26-23(29)24(2,3)30-20-12-9-18(25)10-13-20/h4-15H,1-3H3,(H,26,29)(H,27,28). The second kappa shape index (κ2) is 9.01. The molecule has 0 fully saturated rings. The third kappa shape index (κ3) is 5.39. The molecule has 0 radical (unpaired) electrons. The van der Waals surface area contributed by atoms with E-state index in [0.717, 1.165) is 5.56 Å². The molecular weight excluding hydrogens is 400 g/mol. The van der Waals surface area contributed by atoms with Gasteiger partial charge in [0, 0.05) is 22.0 Å². The number of nitrogens with one attached hydrogen (secondary N) is 2. The lowest BCUT2D eigenvalue weighted by Crippen LogP contribution is -2.42. The minimum absolute atomic E-state index is 0.187. The van der Waals surface area contributed by atoms with Crippen molar-refractivity contribution in [3.8, 4) is 5.75 Å². The van der Waals surface area contributed by atoms with Gasteiger partial charge in [-0.1, -0.05) is 29.8 Å². The van der Waals surface area contributed by atoms with Gasteiger partial charge in [0.05, 0.1) is 0 Å². The number of amides is 2. The summed E-state index contributed by atoms with van der Waals surface area (Å²) in [5.41, 5.74) is 1.60. The monoisotopic (exact) mass is 422 g/mol. The zero-order valence-corrected chi connectivity index (χ0v) is 17.8. The van der Waals surface area contributed by atoms with Crippen LogP contribution in [-0.2, 0) is 4.79 Å². The van der Waals surface area contributed by atoms with Crippen LogP contribution < -0.4 is 15.4 Å². The van der Waals surface area contributed by atoms with E-state index in [0.29, 0.717) is 27.7 Å². The number of hydrogen-bond donors (Lipinski definition) is 2. The average molecular weight is 423 g/mol. The SMILES string of the molecule is Cc1cc(NC(=O)C(C)(C)Oc2ccc(Cl)cc2)ccc1NC(=O)c1ccccc1. The summed E-state index contributed by atoms with van der Waals surface area (Å²) >= 11 is 5.89. The average Bonchev–Trinajstić information content (AvgIpc) is 2.72. The van der Waals surface area contributed by atoms with Gasteiger partial charge < -0.3 is 15.4 Å². The van der Waals surface area contributed by atoms with E-state index in [2.05, 4.69) is 10.6 Å². The molecule has 0 saturated carbocycles. The number of hydrogen-bond acceptors (Lipinski definition) is 3. The zero-order chi connectivity index (χ0) is 21.7. The van der Waals surface area contributed by atoms with Crippen LogP contribution in [0.4, 0.5) is 11.4 Å². The Morgan fingerprint density at radius 3 is 2.20 bits per heavy atom. The van der Waals surface area contributed by atoms with Gasteiger partial charge in [-0.05, 0) is 80.9 Å². The Morgan fingerprint density at radius 1 is 0.900 bits per heavy atom. The van der Waals surface area contributed by atoms with E-state index in [4.69, 9.17) is 16.3 Å². The fourth-order valence-electron chi connectivity index (χ4n) is 2.79. The molecule has 0 atom stereocenters. The molecule has 0 heterocycles. The van der Waals surface area contributed by atoms with Gasteiger partial charge in [0.2, 0.25) is 0 Å². The number of benzene rings is 3. The summed E-state index contributed by atoms with van der Waals surface area (Å²) in [6, 6.07) is 21.1. The summed E-state index contributed by atoms with van der Waals surface area (Å²) in [6.45, 7) is 5.25. The molecular formula is C24H23ClN2O3. The van der Waals surface area contributed by atoms with Crippen molar-refractivity contribution in [2.75, 3.05) is 10.6 Å². The first-order chi connectivity index (χ1) is 14.2. The Morgan fingerprint density at radius 2 is 1.57 bits per heavy atom. The second-order valence-electron chi connectivity index (χ2n) is 7.37. The van der Waals surface area contributed by atoms with Crippen molar-refractivity contribution in [3.05, 3.63) is 88.9 Å². The number of aryl methyl sites for hydroxylation is 1.